The molecule has 0 unspecified atom stereocenters. The molecule has 0 aliphatic carbocycles. The third kappa shape index (κ3) is 3.91. The van der Waals surface area contributed by atoms with E-state index in [0.717, 1.165) is 11.6 Å². The lowest BCUT2D eigenvalue weighted by atomic mass is 10.1. The van der Waals surface area contributed by atoms with Crippen LogP contribution in [0.3, 0.4) is 0 Å². The summed E-state index contributed by atoms with van der Waals surface area (Å²) in [6.45, 7) is 3.09. The molecule has 126 valence electrons. The highest BCUT2D eigenvalue weighted by Crippen LogP contribution is 2.16. The Bertz CT molecular complexity index is 746. The number of halogens is 3. The van der Waals surface area contributed by atoms with Crippen molar-refractivity contribution in [2.75, 3.05) is 26.2 Å². The van der Waals surface area contributed by atoms with Gasteiger partial charge in [-0.1, -0.05) is 23.7 Å². The second-order valence-corrected chi connectivity index (χ2v) is 6.26. The number of hydrogen-bond donors (Lipinski definition) is 0. The zero-order valence-electron chi connectivity index (χ0n) is 13.0. The van der Waals surface area contributed by atoms with Crippen molar-refractivity contribution < 1.29 is 13.6 Å². The van der Waals surface area contributed by atoms with Crippen molar-refractivity contribution in [2.24, 2.45) is 0 Å². The first-order valence-electron chi connectivity index (χ1n) is 7.74. The van der Waals surface area contributed by atoms with Crippen LogP contribution in [0.15, 0.2) is 42.5 Å². The summed E-state index contributed by atoms with van der Waals surface area (Å²) in [4.78, 5) is 16.4. The predicted molar refractivity (Wildman–Crippen MR) is 89.0 cm³/mol. The van der Waals surface area contributed by atoms with E-state index in [9.17, 15) is 13.6 Å². The summed E-state index contributed by atoms with van der Waals surface area (Å²) in [5, 5.41) is 0.540. The van der Waals surface area contributed by atoms with Crippen molar-refractivity contribution in [3.05, 3.63) is 70.2 Å². The van der Waals surface area contributed by atoms with Gasteiger partial charge in [0.1, 0.15) is 0 Å². The molecule has 1 heterocycles. The van der Waals surface area contributed by atoms with E-state index in [1.807, 2.05) is 0 Å². The van der Waals surface area contributed by atoms with Gasteiger partial charge in [-0.25, -0.2) is 8.78 Å². The Kier molecular flexibility index (Phi) is 5.11. The number of nitrogens with zero attached hydrogens (tertiary/aromatic N) is 2. The highest BCUT2D eigenvalue weighted by molar-refractivity contribution is 6.30. The molecule has 0 aromatic heterocycles. The molecule has 1 aliphatic heterocycles. The molecule has 0 saturated carbocycles. The number of carbonyl (C=O) groups excluding carboxylic acids is 1. The summed E-state index contributed by atoms with van der Waals surface area (Å²) < 4.78 is 26.2. The molecule has 0 radical (unpaired) electrons. The fourth-order valence-corrected chi connectivity index (χ4v) is 3.00. The lowest BCUT2D eigenvalue weighted by Gasteiger charge is -2.34. The van der Waals surface area contributed by atoms with Crippen LogP contribution in [0.1, 0.15) is 15.9 Å². The number of benzene rings is 2. The van der Waals surface area contributed by atoms with Gasteiger partial charge < -0.3 is 4.90 Å². The molecule has 3 rings (SSSR count). The number of rotatable bonds is 3. The Morgan fingerprint density at radius 1 is 1.00 bits per heavy atom. The largest absolute Gasteiger partial charge is 0.336 e. The van der Waals surface area contributed by atoms with Crippen molar-refractivity contribution >= 4 is 17.5 Å². The number of hydrogen-bond acceptors (Lipinski definition) is 2. The third-order valence-corrected chi connectivity index (χ3v) is 4.36. The molecule has 0 spiro atoms. The first-order chi connectivity index (χ1) is 11.5. The van der Waals surface area contributed by atoms with E-state index in [1.54, 1.807) is 35.2 Å². The molecule has 3 nitrogen and oxygen atoms in total. The molecular formula is C18H17ClF2N2O. The number of piperazine rings is 1. The molecule has 1 saturated heterocycles. The second kappa shape index (κ2) is 7.28. The van der Waals surface area contributed by atoms with Crippen LogP contribution in [0.5, 0.6) is 0 Å². The average Bonchev–Trinajstić information content (AvgIpc) is 2.58. The van der Waals surface area contributed by atoms with Gasteiger partial charge in [-0.05, 0) is 35.9 Å². The maximum atomic E-state index is 13.3. The minimum absolute atomic E-state index is 0.0371. The number of amides is 1. The summed E-state index contributed by atoms with van der Waals surface area (Å²) in [5.74, 6) is -1.71. The second-order valence-electron chi connectivity index (χ2n) is 5.83. The van der Waals surface area contributed by atoms with Gasteiger partial charge in [-0.3, -0.25) is 9.69 Å². The molecule has 1 fully saturated rings. The fraction of sp³-hybridized carbons (Fsp3) is 0.278. The summed E-state index contributed by atoms with van der Waals surface area (Å²) in [5.41, 5.74) is 1.31. The highest BCUT2D eigenvalue weighted by Gasteiger charge is 2.22. The Morgan fingerprint density at radius 3 is 2.42 bits per heavy atom. The summed E-state index contributed by atoms with van der Waals surface area (Å²) in [6, 6.07) is 10.9. The summed E-state index contributed by atoms with van der Waals surface area (Å²) in [6.07, 6.45) is 0. The Morgan fingerprint density at radius 2 is 1.75 bits per heavy atom. The molecule has 6 heteroatoms. The van der Waals surface area contributed by atoms with Gasteiger partial charge in [0.2, 0.25) is 0 Å². The van der Waals surface area contributed by atoms with Crippen LogP contribution in [0, 0.1) is 11.6 Å². The first kappa shape index (κ1) is 16.9. The van der Waals surface area contributed by atoms with E-state index >= 15 is 0 Å². The van der Waals surface area contributed by atoms with Crippen molar-refractivity contribution in [3.63, 3.8) is 0 Å². The quantitative estimate of drug-likeness (QED) is 0.844. The lowest BCUT2D eigenvalue weighted by Crippen LogP contribution is -2.48. The van der Waals surface area contributed by atoms with E-state index < -0.39 is 11.6 Å². The predicted octanol–water partition coefficient (Wildman–Crippen LogP) is 3.58. The molecule has 1 aliphatic rings. The third-order valence-electron chi connectivity index (χ3n) is 4.12. The molecule has 2 aromatic carbocycles. The van der Waals surface area contributed by atoms with Crippen molar-refractivity contribution in [3.8, 4) is 0 Å². The van der Waals surface area contributed by atoms with E-state index in [0.29, 0.717) is 43.3 Å². The lowest BCUT2D eigenvalue weighted by molar-refractivity contribution is 0.0628. The van der Waals surface area contributed by atoms with Crippen LogP contribution >= 0.6 is 11.6 Å². The minimum atomic E-state index is -0.837. The van der Waals surface area contributed by atoms with E-state index in [1.165, 1.54) is 6.07 Å². The molecule has 1 amide bonds. The van der Waals surface area contributed by atoms with Gasteiger partial charge in [-0.2, -0.15) is 0 Å². The normalized spacial score (nSPS) is 15.5. The van der Waals surface area contributed by atoms with Crippen LogP contribution < -0.4 is 0 Å². The van der Waals surface area contributed by atoms with Crippen molar-refractivity contribution in [1.82, 2.24) is 9.80 Å². The van der Waals surface area contributed by atoms with E-state index in [2.05, 4.69) is 4.90 Å². The topological polar surface area (TPSA) is 23.6 Å². The first-order valence-corrected chi connectivity index (χ1v) is 8.12. The maximum absolute atomic E-state index is 13.3. The fourth-order valence-electron chi connectivity index (χ4n) is 2.81. The Balaban J connectivity index is 1.57. The molecule has 0 N–H and O–H groups in total. The van der Waals surface area contributed by atoms with E-state index in [-0.39, 0.29) is 5.91 Å². The number of carbonyl (C=O) groups is 1. The smallest absolute Gasteiger partial charge is 0.253 e. The van der Waals surface area contributed by atoms with Gasteiger partial charge in [-0.15, -0.1) is 0 Å². The minimum Gasteiger partial charge on any atom is -0.336 e. The van der Waals surface area contributed by atoms with Gasteiger partial charge >= 0.3 is 0 Å². The zero-order valence-corrected chi connectivity index (χ0v) is 13.8. The van der Waals surface area contributed by atoms with Gasteiger partial charge in [0.25, 0.3) is 5.91 Å². The van der Waals surface area contributed by atoms with Crippen LogP contribution in [0.2, 0.25) is 5.02 Å². The average molecular weight is 351 g/mol. The van der Waals surface area contributed by atoms with Crippen LogP contribution in [-0.2, 0) is 6.54 Å². The van der Waals surface area contributed by atoms with Crippen LogP contribution in [-0.4, -0.2) is 41.9 Å². The Hall–Kier alpha value is -1.98. The van der Waals surface area contributed by atoms with Gasteiger partial charge in [0.15, 0.2) is 11.6 Å². The SMILES string of the molecule is O=C(c1cccc(Cl)c1)N1CCN(Cc2ccc(F)c(F)c2)CC1. The zero-order chi connectivity index (χ0) is 17.1. The monoisotopic (exact) mass is 350 g/mol. The van der Waals surface area contributed by atoms with E-state index in [4.69, 9.17) is 11.6 Å². The van der Waals surface area contributed by atoms with Crippen molar-refractivity contribution in [1.29, 1.82) is 0 Å². The molecule has 2 aromatic rings. The Labute approximate surface area is 144 Å². The summed E-state index contributed by atoms with van der Waals surface area (Å²) >= 11 is 5.93. The maximum Gasteiger partial charge on any atom is 0.253 e. The standard InChI is InChI=1S/C18H17ClF2N2O/c19-15-3-1-2-14(11-15)18(24)23-8-6-22(7-9-23)12-13-4-5-16(20)17(21)10-13/h1-5,10-11H,6-9,12H2. The van der Waals surface area contributed by atoms with Crippen LogP contribution in [0.4, 0.5) is 8.78 Å². The van der Waals surface area contributed by atoms with Crippen LogP contribution in [0.25, 0.3) is 0 Å². The molecule has 0 atom stereocenters. The van der Waals surface area contributed by atoms with Gasteiger partial charge in [0, 0.05) is 43.3 Å². The summed E-state index contributed by atoms with van der Waals surface area (Å²) in [7, 11) is 0. The molecular weight excluding hydrogens is 334 g/mol. The molecule has 0 bridgehead atoms. The van der Waals surface area contributed by atoms with Crippen molar-refractivity contribution in [2.45, 2.75) is 6.54 Å². The molecule has 24 heavy (non-hydrogen) atoms. The van der Waals surface area contributed by atoms with Gasteiger partial charge in [0.05, 0.1) is 0 Å². The highest BCUT2D eigenvalue weighted by atomic mass is 35.5.